The smallest absolute Gasteiger partial charge is 0.198 e. The number of benzene rings is 3. The molecule has 0 spiro atoms. The number of aromatic hydroxyl groups is 1. The second-order valence-corrected chi connectivity index (χ2v) is 6.28. The van der Waals surface area contributed by atoms with Crippen molar-refractivity contribution in [2.24, 2.45) is 4.99 Å². The number of phenols is 1. The molecule has 3 rings (SSSR count). The first-order valence-corrected chi connectivity index (χ1v) is 9.01. The zero-order valence-corrected chi connectivity index (χ0v) is 15.3. The van der Waals surface area contributed by atoms with Gasteiger partial charge in [0, 0.05) is 23.9 Å². The highest BCUT2D eigenvalue weighted by molar-refractivity contribution is 6.25. The average Bonchev–Trinajstić information content (AvgIpc) is 2.75. The SMILES string of the molecule is O=C(/C(C=NCCc1ccc(O)cc1)=C(\O)c1ccccc1)c1ccccc1. The third-order valence-electron chi connectivity index (χ3n) is 4.27. The quantitative estimate of drug-likeness (QED) is 0.270. The fraction of sp³-hybridized carbons (Fsp3) is 0.0833. The largest absolute Gasteiger partial charge is 0.508 e. The third-order valence-corrected chi connectivity index (χ3v) is 4.27. The van der Waals surface area contributed by atoms with Crippen LogP contribution in [0.1, 0.15) is 21.5 Å². The standard InChI is InChI=1S/C24H21NO3/c26-21-13-11-18(12-14-21)15-16-25-17-22(23(27)19-7-3-1-4-8-19)24(28)20-9-5-2-6-10-20/h1-14,17,26-27H,15-16H2/b23-22-,25-17?. The molecule has 2 N–H and O–H groups in total. The van der Waals surface area contributed by atoms with Gasteiger partial charge in [0.2, 0.25) is 0 Å². The van der Waals surface area contributed by atoms with Crippen molar-refractivity contribution in [3.05, 3.63) is 107 Å². The lowest BCUT2D eigenvalue weighted by molar-refractivity contribution is 0.104. The van der Waals surface area contributed by atoms with E-state index in [1.807, 2.05) is 24.3 Å². The van der Waals surface area contributed by atoms with E-state index in [2.05, 4.69) is 4.99 Å². The molecule has 0 radical (unpaired) electrons. The molecule has 0 fully saturated rings. The molecule has 0 heterocycles. The van der Waals surface area contributed by atoms with Gasteiger partial charge in [-0.05, 0) is 24.1 Å². The molecule has 0 aliphatic heterocycles. The first-order chi connectivity index (χ1) is 13.6. The number of carbonyl (C=O) groups excluding carboxylic acids is 1. The molecule has 0 saturated heterocycles. The first kappa shape index (κ1) is 19.1. The molecule has 3 aromatic carbocycles. The molecule has 0 aliphatic carbocycles. The van der Waals surface area contributed by atoms with Gasteiger partial charge in [-0.15, -0.1) is 0 Å². The van der Waals surface area contributed by atoms with Crippen LogP contribution in [-0.4, -0.2) is 28.8 Å². The fourth-order valence-electron chi connectivity index (χ4n) is 2.74. The lowest BCUT2D eigenvalue weighted by Gasteiger charge is -2.07. The topological polar surface area (TPSA) is 69.9 Å². The van der Waals surface area contributed by atoms with E-state index in [1.54, 1.807) is 60.7 Å². The van der Waals surface area contributed by atoms with Gasteiger partial charge in [0.15, 0.2) is 5.78 Å². The number of allylic oxidation sites excluding steroid dienone is 1. The van der Waals surface area contributed by atoms with Crippen LogP contribution in [0.2, 0.25) is 0 Å². The van der Waals surface area contributed by atoms with Gasteiger partial charge in [-0.1, -0.05) is 72.8 Å². The van der Waals surface area contributed by atoms with Crippen molar-refractivity contribution in [1.29, 1.82) is 0 Å². The summed E-state index contributed by atoms with van der Waals surface area (Å²) in [6.45, 7) is 0.457. The van der Waals surface area contributed by atoms with E-state index in [-0.39, 0.29) is 22.9 Å². The van der Waals surface area contributed by atoms with Gasteiger partial charge in [-0.25, -0.2) is 0 Å². The number of aliphatic hydroxyl groups excluding tert-OH is 1. The Bertz CT molecular complexity index is 975. The molecule has 0 bridgehead atoms. The Kier molecular flexibility index (Phi) is 6.37. The summed E-state index contributed by atoms with van der Waals surface area (Å²) < 4.78 is 0. The summed E-state index contributed by atoms with van der Waals surface area (Å²) in [6, 6.07) is 24.7. The van der Waals surface area contributed by atoms with E-state index < -0.39 is 0 Å². The number of aliphatic imine (C=N–C) groups is 1. The second-order valence-electron chi connectivity index (χ2n) is 6.28. The molecular weight excluding hydrogens is 350 g/mol. The molecule has 3 aromatic rings. The zero-order valence-electron chi connectivity index (χ0n) is 15.3. The Morgan fingerprint density at radius 2 is 1.39 bits per heavy atom. The van der Waals surface area contributed by atoms with Crippen molar-refractivity contribution in [3.8, 4) is 5.75 Å². The minimum atomic E-state index is -0.282. The van der Waals surface area contributed by atoms with Gasteiger partial charge in [-0.3, -0.25) is 9.79 Å². The highest BCUT2D eigenvalue weighted by Crippen LogP contribution is 2.18. The van der Waals surface area contributed by atoms with Crippen molar-refractivity contribution >= 4 is 17.8 Å². The minimum absolute atomic E-state index is 0.0946. The van der Waals surface area contributed by atoms with Crippen LogP contribution in [0, 0.1) is 0 Å². The lowest BCUT2D eigenvalue weighted by Crippen LogP contribution is -2.08. The monoisotopic (exact) mass is 371 g/mol. The number of hydrogen-bond acceptors (Lipinski definition) is 4. The molecule has 0 atom stereocenters. The number of aliphatic hydroxyl groups is 1. The van der Waals surface area contributed by atoms with Crippen LogP contribution in [0.3, 0.4) is 0 Å². The van der Waals surface area contributed by atoms with Crippen LogP contribution in [0.15, 0.2) is 95.5 Å². The highest BCUT2D eigenvalue weighted by atomic mass is 16.3. The van der Waals surface area contributed by atoms with Crippen molar-refractivity contribution in [1.82, 2.24) is 0 Å². The van der Waals surface area contributed by atoms with Crippen molar-refractivity contribution in [2.45, 2.75) is 6.42 Å². The number of carbonyl (C=O) groups is 1. The zero-order chi connectivity index (χ0) is 19.8. The number of hydrogen-bond donors (Lipinski definition) is 2. The summed E-state index contributed by atoms with van der Waals surface area (Å²) in [5.74, 6) is -0.156. The Labute approximate surface area is 164 Å². The van der Waals surface area contributed by atoms with E-state index >= 15 is 0 Å². The van der Waals surface area contributed by atoms with Crippen LogP contribution >= 0.6 is 0 Å². The van der Waals surface area contributed by atoms with Crippen LogP contribution in [0.5, 0.6) is 5.75 Å². The molecule has 0 aliphatic rings. The molecule has 28 heavy (non-hydrogen) atoms. The van der Waals surface area contributed by atoms with Gasteiger partial charge in [0.1, 0.15) is 11.5 Å². The van der Waals surface area contributed by atoms with Gasteiger partial charge in [0.25, 0.3) is 0 Å². The number of Topliss-reactive ketones (excluding diaryl/α,β-unsaturated/α-hetero) is 1. The van der Waals surface area contributed by atoms with Gasteiger partial charge in [0.05, 0.1) is 5.57 Å². The van der Waals surface area contributed by atoms with Gasteiger partial charge >= 0.3 is 0 Å². The fourth-order valence-corrected chi connectivity index (χ4v) is 2.74. The van der Waals surface area contributed by atoms with E-state index in [4.69, 9.17) is 0 Å². The van der Waals surface area contributed by atoms with Crippen molar-refractivity contribution in [2.75, 3.05) is 6.54 Å². The summed E-state index contributed by atoms with van der Waals surface area (Å²) in [5.41, 5.74) is 2.24. The van der Waals surface area contributed by atoms with E-state index in [9.17, 15) is 15.0 Å². The molecular formula is C24H21NO3. The molecule has 0 amide bonds. The lowest BCUT2D eigenvalue weighted by atomic mass is 10.00. The van der Waals surface area contributed by atoms with Crippen molar-refractivity contribution < 1.29 is 15.0 Å². The second kappa shape index (κ2) is 9.33. The van der Waals surface area contributed by atoms with E-state index in [1.165, 1.54) is 6.21 Å². The predicted octanol–water partition coefficient (Wildman–Crippen LogP) is 4.86. The van der Waals surface area contributed by atoms with Crippen LogP contribution in [0.25, 0.3) is 5.76 Å². The Balaban J connectivity index is 1.84. The van der Waals surface area contributed by atoms with Crippen LogP contribution < -0.4 is 0 Å². The molecule has 0 aromatic heterocycles. The van der Waals surface area contributed by atoms with E-state index in [0.29, 0.717) is 24.1 Å². The summed E-state index contributed by atoms with van der Waals surface area (Å²) in [5, 5.41) is 20.0. The van der Waals surface area contributed by atoms with Crippen molar-refractivity contribution in [3.63, 3.8) is 0 Å². The summed E-state index contributed by atoms with van der Waals surface area (Å²) in [4.78, 5) is 17.3. The number of rotatable bonds is 7. The predicted molar refractivity (Wildman–Crippen MR) is 112 cm³/mol. The molecule has 4 heteroatoms. The highest BCUT2D eigenvalue weighted by Gasteiger charge is 2.16. The molecule has 0 saturated carbocycles. The van der Waals surface area contributed by atoms with E-state index in [0.717, 1.165) is 5.56 Å². The maximum Gasteiger partial charge on any atom is 0.198 e. The van der Waals surface area contributed by atoms with Crippen LogP contribution in [-0.2, 0) is 6.42 Å². The number of ketones is 1. The Morgan fingerprint density at radius 1 is 0.821 bits per heavy atom. The molecule has 140 valence electrons. The molecule has 0 unspecified atom stereocenters. The molecule has 4 nitrogen and oxygen atoms in total. The Morgan fingerprint density at radius 3 is 2.00 bits per heavy atom. The Hall–Kier alpha value is -3.66. The average molecular weight is 371 g/mol. The summed E-state index contributed by atoms with van der Waals surface area (Å²) in [7, 11) is 0. The van der Waals surface area contributed by atoms with Gasteiger partial charge in [-0.2, -0.15) is 0 Å². The number of phenolic OH excluding ortho intramolecular Hbond substituents is 1. The normalized spacial score (nSPS) is 12.0. The minimum Gasteiger partial charge on any atom is -0.508 e. The third kappa shape index (κ3) is 4.95. The maximum atomic E-state index is 12.9. The summed E-state index contributed by atoms with van der Waals surface area (Å²) in [6.07, 6.45) is 2.10. The van der Waals surface area contributed by atoms with Crippen LogP contribution in [0.4, 0.5) is 0 Å². The first-order valence-electron chi connectivity index (χ1n) is 9.01. The van der Waals surface area contributed by atoms with Gasteiger partial charge < -0.3 is 10.2 Å². The number of nitrogens with zero attached hydrogens (tertiary/aromatic N) is 1. The summed E-state index contributed by atoms with van der Waals surface area (Å²) >= 11 is 0. The maximum absolute atomic E-state index is 12.9.